The lowest BCUT2D eigenvalue weighted by Crippen LogP contribution is -2.18. The minimum atomic E-state index is -4.93. The molecule has 0 aromatic carbocycles. The maximum atomic E-state index is 12.6. The molecule has 0 bridgehead atoms. The summed E-state index contributed by atoms with van der Waals surface area (Å²) in [5.41, 5.74) is -0.915. The molecule has 18 heavy (non-hydrogen) atoms. The Labute approximate surface area is 107 Å². The molecule has 0 fully saturated rings. The van der Waals surface area contributed by atoms with E-state index in [-0.39, 0.29) is 10.9 Å². The van der Waals surface area contributed by atoms with Crippen LogP contribution in [-0.4, -0.2) is 18.5 Å². The Hall–Kier alpha value is -1.12. The van der Waals surface area contributed by atoms with Gasteiger partial charge in [0.05, 0.1) is 18.9 Å². The van der Waals surface area contributed by atoms with Gasteiger partial charge in [-0.3, -0.25) is 0 Å². The van der Waals surface area contributed by atoms with E-state index in [1.165, 1.54) is 0 Å². The highest BCUT2D eigenvalue weighted by molar-refractivity contribution is 9.08. The molecular weight excluding hydrogens is 329 g/mol. The highest BCUT2D eigenvalue weighted by atomic mass is 79.9. The topological polar surface area (TPSA) is 31.4 Å². The monoisotopic (exact) mass is 335 g/mol. The maximum absolute atomic E-state index is 12.6. The van der Waals surface area contributed by atoms with Crippen LogP contribution in [0, 0.1) is 0 Å². The van der Waals surface area contributed by atoms with E-state index in [1.807, 2.05) is 0 Å². The lowest BCUT2D eigenvalue weighted by atomic mass is 10.2. The third-order valence-corrected chi connectivity index (χ3v) is 2.46. The first-order chi connectivity index (χ1) is 8.30. The van der Waals surface area contributed by atoms with Gasteiger partial charge < -0.3 is 9.47 Å². The van der Waals surface area contributed by atoms with Crippen molar-refractivity contribution in [2.24, 2.45) is 0 Å². The quantitative estimate of drug-likeness (QED) is 0.619. The third-order valence-electron chi connectivity index (χ3n) is 1.90. The lowest BCUT2D eigenvalue weighted by molar-refractivity contribution is -0.275. The summed E-state index contributed by atoms with van der Waals surface area (Å²) < 4.78 is 69.8. The van der Waals surface area contributed by atoms with E-state index < -0.39 is 30.0 Å². The van der Waals surface area contributed by atoms with Crippen LogP contribution in [0.15, 0.2) is 6.20 Å². The number of aromatic nitrogens is 1. The second-order valence-electron chi connectivity index (χ2n) is 3.00. The van der Waals surface area contributed by atoms with Gasteiger partial charge in [0.2, 0.25) is 0 Å². The molecule has 9 heteroatoms. The zero-order valence-corrected chi connectivity index (χ0v) is 10.5. The van der Waals surface area contributed by atoms with E-state index in [2.05, 4.69) is 30.4 Å². The number of alkyl halides is 6. The Morgan fingerprint density at radius 1 is 1.39 bits per heavy atom. The van der Waals surface area contributed by atoms with Gasteiger partial charge in [-0.1, -0.05) is 15.9 Å². The van der Waals surface area contributed by atoms with Crippen LogP contribution in [0.5, 0.6) is 11.5 Å². The Morgan fingerprint density at radius 3 is 2.39 bits per heavy atom. The number of hydrogen-bond donors (Lipinski definition) is 0. The van der Waals surface area contributed by atoms with Crippen molar-refractivity contribution in [1.29, 1.82) is 0 Å². The molecule has 1 aromatic rings. The third kappa shape index (κ3) is 3.44. The fraction of sp³-hybridized carbons (Fsp3) is 0.444. The molecule has 0 N–H and O–H groups in total. The van der Waals surface area contributed by atoms with Gasteiger partial charge in [-0.05, 0) is 0 Å². The van der Waals surface area contributed by atoms with Crippen LogP contribution in [0.2, 0.25) is 0 Å². The van der Waals surface area contributed by atoms with Gasteiger partial charge >= 0.3 is 6.36 Å². The molecule has 1 heterocycles. The van der Waals surface area contributed by atoms with Gasteiger partial charge in [-0.15, -0.1) is 13.2 Å². The number of methoxy groups -OCH3 is 1. The smallest absolute Gasteiger partial charge is 0.494 e. The summed E-state index contributed by atoms with van der Waals surface area (Å²) in [4.78, 5) is 3.22. The van der Waals surface area contributed by atoms with Crippen molar-refractivity contribution in [2.75, 3.05) is 7.11 Å². The van der Waals surface area contributed by atoms with Crippen LogP contribution < -0.4 is 9.47 Å². The average Bonchev–Trinajstić information content (AvgIpc) is 2.25. The van der Waals surface area contributed by atoms with Crippen LogP contribution in [0.4, 0.5) is 22.0 Å². The predicted octanol–water partition coefficient (Wildman–Crippen LogP) is 3.82. The molecule has 0 unspecified atom stereocenters. The molecule has 102 valence electrons. The van der Waals surface area contributed by atoms with Crippen molar-refractivity contribution in [2.45, 2.75) is 18.1 Å². The summed E-state index contributed by atoms with van der Waals surface area (Å²) in [6, 6.07) is 0. The summed E-state index contributed by atoms with van der Waals surface area (Å²) in [5, 5.41) is -0.149. The number of halogens is 6. The van der Waals surface area contributed by atoms with Crippen LogP contribution in [0.1, 0.15) is 17.7 Å². The Kier molecular flexibility index (Phi) is 4.71. The average molecular weight is 336 g/mol. The summed E-state index contributed by atoms with van der Waals surface area (Å²) in [7, 11) is 1.06. The molecule has 0 amide bonds. The SMILES string of the molecule is COc1c(C(F)F)ncc(OC(F)(F)F)c1CBr. The predicted molar refractivity (Wildman–Crippen MR) is 55.1 cm³/mol. The molecule has 0 aliphatic rings. The number of nitrogens with zero attached hydrogens (tertiary/aromatic N) is 1. The van der Waals surface area contributed by atoms with Crippen molar-refractivity contribution >= 4 is 15.9 Å². The first kappa shape index (κ1) is 14.9. The van der Waals surface area contributed by atoms with Gasteiger partial charge in [-0.2, -0.15) is 0 Å². The second kappa shape index (κ2) is 5.68. The van der Waals surface area contributed by atoms with Crippen molar-refractivity contribution in [1.82, 2.24) is 4.98 Å². The molecular formula is C9H7BrF5NO2. The highest BCUT2D eigenvalue weighted by Gasteiger charge is 2.34. The molecule has 0 saturated carbocycles. The molecule has 0 atom stereocenters. The Bertz CT molecular complexity index is 424. The first-order valence-corrected chi connectivity index (χ1v) is 5.58. The van der Waals surface area contributed by atoms with E-state index in [1.54, 1.807) is 0 Å². The van der Waals surface area contributed by atoms with Gasteiger partial charge in [0, 0.05) is 5.33 Å². The van der Waals surface area contributed by atoms with Gasteiger partial charge in [0.15, 0.2) is 11.5 Å². The summed E-state index contributed by atoms with van der Waals surface area (Å²) >= 11 is 2.89. The first-order valence-electron chi connectivity index (χ1n) is 4.45. The fourth-order valence-corrected chi connectivity index (χ4v) is 1.78. The normalized spacial score (nSPS) is 11.8. The van der Waals surface area contributed by atoms with E-state index in [9.17, 15) is 22.0 Å². The minimum absolute atomic E-state index is 0.149. The zero-order chi connectivity index (χ0) is 13.9. The van der Waals surface area contributed by atoms with E-state index in [4.69, 9.17) is 0 Å². The second-order valence-corrected chi connectivity index (χ2v) is 3.56. The lowest BCUT2D eigenvalue weighted by Gasteiger charge is -2.16. The zero-order valence-electron chi connectivity index (χ0n) is 8.89. The number of rotatable bonds is 4. The van der Waals surface area contributed by atoms with Gasteiger partial charge in [0.25, 0.3) is 6.43 Å². The van der Waals surface area contributed by atoms with Crippen molar-refractivity contribution in [3.05, 3.63) is 17.5 Å². The largest absolute Gasteiger partial charge is 0.573 e. The summed E-state index contributed by atoms with van der Waals surface area (Å²) in [5.74, 6) is -1.11. The van der Waals surface area contributed by atoms with Gasteiger partial charge in [-0.25, -0.2) is 13.8 Å². The fourth-order valence-electron chi connectivity index (χ4n) is 1.25. The van der Waals surface area contributed by atoms with Gasteiger partial charge in [0.1, 0.15) is 5.69 Å². The van der Waals surface area contributed by atoms with E-state index in [0.29, 0.717) is 6.20 Å². The Morgan fingerprint density at radius 2 is 2.00 bits per heavy atom. The number of ether oxygens (including phenoxy) is 2. The highest BCUT2D eigenvalue weighted by Crippen LogP contribution is 2.38. The van der Waals surface area contributed by atoms with E-state index >= 15 is 0 Å². The minimum Gasteiger partial charge on any atom is -0.494 e. The van der Waals surface area contributed by atoms with Crippen molar-refractivity contribution < 1.29 is 31.4 Å². The molecule has 0 saturated heterocycles. The van der Waals surface area contributed by atoms with E-state index in [0.717, 1.165) is 7.11 Å². The number of pyridine rings is 1. The summed E-state index contributed by atoms with van der Waals surface area (Å²) in [6.45, 7) is 0. The van der Waals surface area contributed by atoms with Crippen LogP contribution in [0.3, 0.4) is 0 Å². The molecule has 0 aliphatic carbocycles. The number of hydrogen-bond acceptors (Lipinski definition) is 3. The van der Waals surface area contributed by atoms with Crippen LogP contribution in [-0.2, 0) is 5.33 Å². The molecule has 1 rings (SSSR count). The molecule has 0 aliphatic heterocycles. The summed E-state index contributed by atoms with van der Waals surface area (Å²) in [6.07, 6.45) is -7.30. The van der Waals surface area contributed by atoms with Crippen LogP contribution >= 0.6 is 15.9 Å². The van der Waals surface area contributed by atoms with Crippen molar-refractivity contribution in [3.63, 3.8) is 0 Å². The molecule has 3 nitrogen and oxygen atoms in total. The standard InChI is InChI=1S/C9H7BrF5NO2/c1-17-7-4(2-10)5(18-9(13,14)15)3-16-6(7)8(11)12/h3,8H,2H2,1H3. The molecule has 0 spiro atoms. The molecule has 1 aromatic heterocycles. The van der Waals surface area contributed by atoms with Crippen molar-refractivity contribution in [3.8, 4) is 11.5 Å². The maximum Gasteiger partial charge on any atom is 0.573 e. The van der Waals surface area contributed by atoms with Crippen LogP contribution in [0.25, 0.3) is 0 Å². The Balaban J connectivity index is 3.30. The molecule has 0 radical (unpaired) electrons.